The maximum Gasteiger partial charge on any atom is 0.261 e. The van der Waals surface area contributed by atoms with E-state index >= 15 is 0 Å². The number of nitrogens with one attached hydrogen (secondary N) is 1. The van der Waals surface area contributed by atoms with Crippen LogP contribution < -0.4 is 4.72 Å². The van der Waals surface area contributed by atoms with Crippen molar-refractivity contribution in [3.8, 4) is 0 Å². The number of benzene rings is 4. The van der Waals surface area contributed by atoms with Gasteiger partial charge in [-0.15, -0.1) is 0 Å². The number of aliphatic hydroxyl groups is 2. The van der Waals surface area contributed by atoms with Crippen LogP contribution in [-0.4, -0.2) is 49.3 Å². The number of hydrogen-bond donors (Lipinski definition) is 3. The van der Waals surface area contributed by atoms with Crippen LogP contribution in [0, 0.1) is 5.92 Å². The van der Waals surface area contributed by atoms with E-state index in [2.05, 4.69) is 16.5 Å². The molecule has 0 spiro atoms. The van der Waals surface area contributed by atoms with E-state index in [1.165, 1.54) is 0 Å². The molecule has 0 saturated carbocycles. The van der Waals surface area contributed by atoms with Crippen LogP contribution in [-0.2, 0) is 31.7 Å². The molecule has 4 aromatic rings. The molecule has 242 valence electrons. The van der Waals surface area contributed by atoms with Gasteiger partial charge in [0.05, 0.1) is 29.3 Å². The van der Waals surface area contributed by atoms with E-state index < -0.39 is 21.9 Å². The summed E-state index contributed by atoms with van der Waals surface area (Å²) < 4.78 is 42.0. The first-order valence-corrected chi connectivity index (χ1v) is 17.4. The molecule has 2 fully saturated rings. The summed E-state index contributed by atoms with van der Waals surface area (Å²) in [5.41, 5.74) is 2.86. The van der Waals surface area contributed by atoms with E-state index in [1.54, 1.807) is 48.5 Å². The number of nitrogens with zero attached hydrogens (tertiary/aromatic N) is 1. The number of anilines is 1. The molecule has 0 unspecified atom stereocenters. The SMILES string of the molecule is C[C@H]1[C@@H](CN2CCC(O)(c3ccc(Cl)cc3)CC2)O[C@@H](c2cccc(NS(=O)(=O)c3ccccc3)c2)O[C@H]1c1ccc(CO)cc1. The molecule has 0 bridgehead atoms. The molecule has 46 heavy (non-hydrogen) atoms. The van der Waals surface area contributed by atoms with E-state index in [4.69, 9.17) is 21.1 Å². The van der Waals surface area contributed by atoms with E-state index in [0.29, 0.717) is 48.7 Å². The summed E-state index contributed by atoms with van der Waals surface area (Å²) in [6.07, 6.45) is -0.0957. The lowest BCUT2D eigenvalue weighted by Gasteiger charge is -2.45. The van der Waals surface area contributed by atoms with Gasteiger partial charge in [-0.25, -0.2) is 8.42 Å². The Morgan fingerprint density at radius 2 is 1.59 bits per heavy atom. The monoisotopic (exact) mass is 662 g/mol. The van der Waals surface area contributed by atoms with Crippen LogP contribution >= 0.6 is 11.6 Å². The highest BCUT2D eigenvalue weighted by Crippen LogP contribution is 2.43. The van der Waals surface area contributed by atoms with Gasteiger partial charge in [-0.1, -0.05) is 85.3 Å². The highest BCUT2D eigenvalue weighted by atomic mass is 35.5. The van der Waals surface area contributed by atoms with Gasteiger partial charge in [0.1, 0.15) is 0 Å². The fraction of sp³-hybridized carbons (Fsp3) is 0.333. The Bertz CT molecular complexity index is 1710. The largest absolute Gasteiger partial charge is 0.392 e. The van der Waals surface area contributed by atoms with Crippen LogP contribution in [0.15, 0.2) is 108 Å². The van der Waals surface area contributed by atoms with Gasteiger partial charge in [0, 0.05) is 41.8 Å². The number of sulfonamides is 1. The Morgan fingerprint density at radius 3 is 2.26 bits per heavy atom. The van der Waals surface area contributed by atoms with Crippen molar-refractivity contribution in [1.82, 2.24) is 4.90 Å². The second-order valence-corrected chi connectivity index (χ2v) is 14.3. The third-order valence-electron chi connectivity index (χ3n) is 9.09. The van der Waals surface area contributed by atoms with Crippen molar-refractivity contribution < 1.29 is 28.1 Å². The van der Waals surface area contributed by atoms with Crippen LogP contribution in [0.3, 0.4) is 0 Å². The molecular weight excluding hydrogens is 624 g/mol. The molecule has 2 heterocycles. The van der Waals surface area contributed by atoms with E-state index in [1.807, 2.05) is 54.6 Å². The lowest BCUT2D eigenvalue weighted by Crippen LogP contribution is -2.49. The van der Waals surface area contributed by atoms with Crippen LogP contribution in [0.4, 0.5) is 5.69 Å². The van der Waals surface area contributed by atoms with Gasteiger partial charge in [0.15, 0.2) is 6.29 Å². The molecule has 3 N–H and O–H groups in total. The van der Waals surface area contributed by atoms with Gasteiger partial charge in [-0.2, -0.15) is 0 Å². The first-order valence-electron chi connectivity index (χ1n) is 15.5. The first-order chi connectivity index (χ1) is 22.1. The maximum atomic E-state index is 13.0. The smallest absolute Gasteiger partial charge is 0.261 e. The van der Waals surface area contributed by atoms with Gasteiger partial charge in [0.25, 0.3) is 10.0 Å². The number of halogens is 1. The van der Waals surface area contributed by atoms with Crippen molar-refractivity contribution >= 4 is 27.3 Å². The molecule has 0 aromatic heterocycles. The lowest BCUT2D eigenvalue weighted by atomic mass is 9.84. The van der Waals surface area contributed by atoms with Crippen molar-refractivity contribution in [2.24, 2.45) is 5.92 Å². The summed E-state index contributed by atoms with van der Waals surface area (Å²) in [5, 5.41) is 21.6. The van der Waals surface area contributed by atoms with Crippen molar-refractivity contribution in [3.05, 3.63) is 130 Å². The number of rotatable bonds is 9. The van der Waals surface area contributed by atoms with Crippen LogP contribution in [0.2, 0.25) is 5.02 Å². The first kappa shape index (κ1) is 32.7. The predicted molar refractivity (Wildman–Crippen MR) is 178 cm³/mol. The van der Waals surface area contributed by atoms with Crippen molar-refractivity contribution in [1.29, 1.82) is 0 Å². The normalized spacial score (nSPS) is 23.6. The summed E-state index contributed by atoms with van der Waals surface area (Å²) in [6.45, 7) is 4.11. The Balaban J connectivity index is 1.22. The van der Waals surface area contributed by atoms with Gasteiger partial charge in [0.2, 0.25) is 0 Å². The third-order valence-corrected chi connectivity index (χ3v) is 10.7. The van der Waals surface area contributed by atoms with Crippen LogP contribution in [0.1, 0.15) is 54.4 Å². The van der Waals surface area contributed by atoms with Gasteiger partial charge < -0.3 is 24.6 Å². The average molecular weight is 663 g/mol. The lowest BCUT2D eigenvalue weighted by molar-refractivity contribution is -0.277. The Morgan fingerprint density at radius 1 is 0.891 bits per heavy atom. The quantitative estimate of drug-likeness (QED) is 0.190. The Labute approximate surface area is 275 Å². The van der Waals surface area contributed by atoms with Crippen LogP contribution in [0.25, 0.3) is 0 Å². The second kappa shape index (κ2) is 13.8. The second-order valence-electron chi connectivity index (χ2n) is 12.2. The zero-order valence-electron chi connectivity index (χ0n) is 25.6. The number of likely N-dealkylation sites (tertiary alicyclic amines) is 1. The minimum atomic E-state index is -3.78. The molecule has 6 rings (SSSR count). The highest BCUT2D eigenvalue weighted by Gasteiger charge is 2.41. The number of piperidine rings is 1. The third kappa shape index (κ3) is 7.31. The van der Waals surface area contributed by atoms with Crippen molar-refractivity contribution in [2.75, 3.05) is 24.4 Å². The minimum Gasteiger partial charge on any atom is -0.392 e. The van der Waals surface area contributed by atoms with Gasteiger partial charge in [-0.3, -0.25) is 4.72 Å². The zero-order chi connectivity index (χ0) is 32.3. The fourth-order valence-electron chi connectivity index (χ4n) is 6.30. The highest BCUT2D eigenvalue weighted by molar-refractivity contribution is 7.92. The average Bonchev–Trinajstić information content (AvgIpc) is 3.07. The fourth-order valence-corrected chi connectivity index (χ4v) is 7.50. The zero-order valence-corrected chi connectivity index (χ0v) is 27.2. The van der Waals surface area contributed by atoms with Crippen molar-refractivity contribution in [3.63, 3.8) is 0 Å². The van der Waals surface area contributed by atoms with E-state index in [-0.39, 0.29) is 29.6 Å². The van der Waals surface area contributed by atoms with Gasteiger partial charge >= 0.3 is 0 Å². The Kier molecular flexibility index (Phi) is 9.82. The molecule has 8 nitrogen and oxygen atoms in total. The molecule has 4 atom stereocenters. The topological polar surface area (TPSA) is 108 Å². The predicted octanol–water partition coefficient (Wildman–Crippen LogP) is 6.41. The molecule has 10 heteroatoms. The molecule has 0 amide bonds. The molecular formula is C36H39ClN2O6S. The molecule has 2 saturated heterocycles. The summed E-state index contributed by atoms with van der Waals surface area (Å²) >= 11 is 6.08. The standard InChI is InChI=1S/C36H39ClN2O6S/c1-25-33(23-39-20-18-36(41,19-21-39)29-14-16-30(37)17-15-29)44-35(45-34(25)27-12-10-26(24-40)11-13-27)28-6-5-7-31(22-28)38-46(42,43)32-8-3-2-4-9-32/h2-17,22,25,33-35,38,40-41H,18-21,23-24H2,1H3/t25-,33+,34+,35+/m0/s1. The number of ether oxygens (including phenoxy) is 2. The van der Waals surface area contributed by atoms with E-state index in [0.717, 1.165) is 16.7 Å². The summed E-state index contributed by atoms with van der Waals surface area (Å²) in [4.78, 5) is 2.50. The maximum absolute atomic E-state index is 13.0. The van der Waals surface area contributed by atoms with E-state index in [9.17, 15) is 18.6 Å². The minimum absolute atomic E-state index is 0.0203. The van der Waals surface area contributed by atoms with Gasteiger partial charge in [-0.05, 0) is 65.9 Å². The molecule has 2 aliphatic heterocycles. The molecule has 0 radical (unpaired) electrons. The number of aliphatic hydroxyl groups excluding tert-OH is 1. The summed E-state index contributed by atoms with van der Waals surface area (Å²) in [7, 11) is -3.78. The summed E-state index contributed by atoms with van der Waals surface area (Å²) in [6, 6.07) is 30.5. The number of hydrogen-bond acceptors (Lipinski definition) is 7. The van der Waals surface area contributed by atoms with Crippen molar-refractivity contribution in [2.45, 2.75) is 55.4 Å². The summed E-state index contributed by atoms with van der Waals surface area (Å²) in [5.74, 6) is -0.0203. The van der Waals surface area contributed by atoms with Crippen LogP contribution in [0.5, 0.6) is 0 Å². The molecule has 2 aliphatic rings. The molecule has 4 aromatic carbocycles. The Hall–Kier alpha value is -3.28. The molecule has 0 aliphatic carbocycles.